The lowest BCUT2D eigenvalue weighted by atomic mass is 10.0. The van der Waals surface area contributed by atoms with Gasteiger partial charge in [0.1, 0.15) is 11.9 Å². The summed E-state index contributed by atoms with van der Waals surface area (Å²) in [4.78, 5) is 26.3. The molecule has 0 unspecified atom stereocenters. The van der Waals surface area contributed by atoms with E-state index in [1.165, 1.54) is 23.6 Å². The number of anilines is 2. The molecule has 7 heteroatoms. The van der Waals surface area contributed by atoms with E-state index in [4.69, 9.17) is 17.0 Å². The molecule has 0 radical (unpaired) electrons. The number of amides is 2. The smallest absolute Gasteiger partial charge is 0.270 e. The molecule has 1 N–H and O–H groups in total. The van der Waals surface area contributed by atoms with Gasteiger partial charge in [-0.05, 0) is 55.0 Å². The average Bonchev–Trinajstić information content (AvgIpc) is 2.96. The van der Waals surface area contributed by atoms with Gasteiger partial charge in [-0.3, -0.25) is 14.5 Å². The third-order valence-corrected chi connectivity index (χ3v) is 5.85. The van der Waals surface area contributed by atoms with Crippen molar-refractivity contribution in [3.63, 3.8) is 0 Å². The third kappa shape index (κ3) is 3.97. The molecular formula is C22H18N2O3S2. The predicted molar refractivity (Wildman–Crippen MR) is 121 cm³/mol. The van der Waals surface area contributed by atoms with Gasteiger partial charge in [0.25, 0.3) is 5.91 Å². The average molecular weight is 423 g/mol. The van der Waals surface area contributed by atoms with Crippen LogP contribution in [0.25, 0.3) is 6.08 Å². The van der Waals surface area contributed by atoms with E-state index in [1.54, 1.807) is 24.3 Å². The van der Waals surface area contributed by atoms with E-state index in [9.17, 15) is 9.59 Å². The summed E-state index contributed by atoms with van der Waals surface area (Å²) in [6.45, 7) is 3.41. The maximum absolute atomic E-state index is 13.0. The van der Waals surface area contributed by atoms with Gasteiger partial charge < -0.3 is 10.1 Å². The number of nitrogens with zero attached hydrogens (tertiary/aromatic N) is 1. The number of hydrogen-bond donors (Lipinski definition) is 1. The number of benzene rings is 2. The molecule has 1 atom stereocenters. The molecule has 2 aliphatic heterocycles. The van der Waals surface area contributed by atoms with Crippen LogP contribution in [0.2, 0.25) is 0 Å². The Labute approximate surface area is 178 Å². The first-order valence-corrected chi connectivity index (χ1v) is 10.3. The number of ether oxygens (including phenoxy) is 1. The summed E-state index contributed by atoms with van der Waals surface area (Å²) in [5.74, 6) is 0.521. The van der Waals surface area contributed by atoms with Crippen molar-refractivity contribution in [2.45, 2.75) is 20.0 Å². The Morgan fingerprint density at radius 2 is 1.93 bits per heavy atom. The van der Waals surface area contributed by atoms with Crippen LogP contribution >= 0.6 is 24.0 Å². The van der Waals surface area contributed by atoms with E-state index in [0.717, 1.165) is 16.9 Å². The van der Waals surface area contributed by atoms with Gasteiger partial charge in [-0.25, -0.2) is 0 Å². The Kier molecular flexibility index (Phi) is 5.25. The van der Waals surface area contributed by atoms with Gasteiger partial charge in [0, 0.05) is 18.2 Å². The molecule has 2 aliphatic rings. The normalized spacial score (nSPS) is 19.7. The highest BCUT2D eigenvalue weighted by atomic mass is 32.2. The first-order chi connectivity index (χ1) is 13.9. The molecule has 0 aromatic heterocycles. The van der Waals surface area contributed by atoms with Gasteiger partial charge in [-0.2, -0.15) is 0 Å². The Morgan fingerprint density at radius 3 is 2.66 bits per heavy atom. The van der Waals surface area contributed by atoms with Crippen LogP contribution in [0.3, 0.4) is 0 Å². The van der Waals surface area contributed by atoms with Crippen LogP contribution in [0.1, 0.15) is 19.4 Å². The fraction of sp³-hybridized carbons (Fsp3) is 0.136. The summed E-state index contributed by atoms with van der Waals surface area (Å²) in [6.07, 6.45) is 3.73. The van der Waals surface area contributed by atoms with Crippen LogP contribution in [0.5, 0.6) is 5.75 Å². The minimum atomic E-state index is -0.167. The number of nitrogens with one attached hydrogen (secondary N) is 1. The zero-order chi connectivity index (χ0) is 20.5. The summed E-state index contributed by atoms with van der Waals surface area (Å²) >= 11 is 6.72. The Hall–Kier alpha value is -2.90. The number of fused-ring (bicyclic) bond motifs is 1. The van der Waals surface area contributed by atoms with Crippen molar-refractivity contribution in [2.24, 2.45) is 0 Å². The Balaban J connectivity index is 1.60. The van der Waals surface area contributed by atoms with Crippen LogP contribution in [0, 0.1) is 0 Å². The topological polar surface area (TPSA) is 58.6 Å². The molecule has 2 amide bonds. The summed E-state index contributed by atoms with van der Waals surface area (Å²) < 4.78 is 6.43. The summed E-state index contributed by atoms with van der Waals surface area (Å²) in [6, 6.07) is 14.8. The monoisotopic (exact) mass is 422 g/mol. The fourth-order valence-electron chi connectivity index (χ4n) is 3.16. The lowest BCUT2D eigenvalue weighted by molar-refractivity contribution is -0.114. The maximum Gasteiger partial charge on any atom is 0.270 e. The summed E-state index contributed by atoms with van der Waals surface area (Å²) in [5, 5.41) is 2.71. The van der Waals surface area contributed by atoms with Crippen LogP contribution in [0.15, 0.2) is 65.1 Å². The van der Waals surface area contributed by atoms with Gasteiger partial charge in [-0.1, -0.05) is 42.2 Å². The highest BCUT2D eigenvalue weighted by Crippen LogP contribution is 2.38. The minimum Gasteiger partial charge on any atom is -0.485 e. The SMILES string of the molecule is CC(=O)Nc1ccc(N2C(=O)/C(=C/C3=Cc4ccccc4O[C@@H]3C)SC2=S)cc1. The number of hydrogen-bond acceptors (Lipinski definition) is 5. The van der Waals surface area contributed by atoms with Gasteiger partial charge in [0.05, 0.1) is 10.6 Å². The largest absolute Gasteiger partial charge is 0.485 e. The van der Waals surface area contributed by atoms with E-state index in [0.29, 0.717) is 20.6 Å². The second-order valence-electron chi connectivity index (χ2n) is 6.69. The molecule has 2 aromatic carbocycles. The van der Waals surface area contributed by atoms with Gasteiger partial charge in [0.2, 0.25) is 5.91 Å². The van der Waals surface area contributed by atoms with Crippen molar-refractivity contribution in [1.29, 1.82) is 0 Å². The molecule has 29 heavy (non-hydrogen) atoms. The molecule has 0 aliphatic carbocycles. The molecule has 1 saturated heterocycles. The highest BCUT2D eigenvalue weighted by Gasteiger charge is 2.34. The first kappa shape index (κ1) is 19.4. The van der Waals surface area contributed by atoms with Crippen LogP contribution in [-0.2, 0) is 9.59 Å². The highest BCUT2D eigenvalue weighted by molar-refractivity contribution is 8.27. The number of para-hydroxylation sites is 1. The van der Waals surface area contributed by atoms with Crippen molar-refractivity contribution in [1.82, 2.24) is 0 Å². The number of thioether (sulfide) groups is 1. The lowest BCUT2D eigenvalue weighted by Crippen LogP contribution is -2.27. The van der Waals surface area contributed by atoms with E-state index in [-0.39, 0.29) is 17.9 Å². The van der Waals surface area contributed by atoms with Crippen molar-refractivity contribution < 1.29 is 14.3 Å². The molecule has 146 valence electrons. The zero-order valence-electron chi connectivity index (χ0n) is 15.8. The van der Waals surface area contributed by atoms with E-state index in [2.05, 4.69) is 5.32 Å². The molecule has 2 heterocycles. The van der Waals surface area contributed by atoms with Gasteiger partial charge >= 0.3 is 0 Å². The Bertz CT molecular complexity index is 1070. The summed E-state index contributed by atoms with van der Waals surface area (Å²) in [7, 11) is 0. The fourth-order valence-corrected chi connectivity index (χ4v) is 4.46. The zero-order valence-corrected chi connectivity index (χ0v) is 17.5. The molecule has 2 aromatic rings. The predicted octanol–water partition coefficient (Wildman–Crippen LogP) is 4.76. The molecule has 0 spiro atoms. The molecule has 4 rings (SSSR count). The minimum absolute atomic E-state index is 0.148. The van der Waals surface area contributed by atoms with E-state index >= 15 is 0 Å². The maximum atomic E-state index is 13.0. The number of carbonyl (C=O) groups is 2. The Morgan fingerprint density at radius 1 is 1.21 bits per heavy atom. The second-order valence-corrected chi connectivity index (χ2v) is 8.36. The molecule has 0 saturated carbocycles. The molecular weight excluding hydrogens is 404 g/mol. The van der Waals surface area contributed by atoms with Crippen molar-refractivity contribution >= 4 is 57.6 Å². The number of thiocarbonyl (C=S) groups is 1. The number of carbonyl (C=O) groups excluding carboxylic acids is 2. The first-order valence-electron chi connectivity index (χ1n) is 9.05. The van der Waals surface area contributed by atoms with Crippen molar-refractivity contribution in [3.8, 4) is 5.75 Å². The van der Waals surface area contributed by atoms with Gasteiger partial charge in [-0.15, -0.1) is 0 Å². The summed E-state index contributed by atoms with van der Waals surface area (Å²) in [5.41, 5.74) is 3.24. The van der Waals surface area contributed by atoms with Crippen LogP contribution in [-0.4, -0.2) is 22.2 Å². The quantitative estimate of drug-likeness (QED) is 0.571. The van der Waals surface area contributed by atoms with Crippen molar-refractivity contribution in [3.05, 3.63) is 70.6 Å². The molecule has 0 bridgehead atoms. The van der Waals surface area contributed by atoms with Gasteiger partial charge in [0.15, 0.2) is 4.32 Å². The number of rotatable bonds is 3. The van der Waals surface area contributed by atoms with Crippen LogP contribution < -0.4 is 15.0 Å². The van der Waals surface area contributed by atoms with Crippen LogP contribution in [0.4, 0.5) is 11.4 Å². The standard InChI is InChI=1S/C22H18N2O3S2/c1-13-16(11-15-5-3-4-6-19(15)27-13)12-20-21(26)24(22(28)29-20)18-9-7-17(8-10-18)23-14(2)25/h3-13H,1-2H3,(H,23,25)/b20-12-/t13-/m1/s1. The molecule has 5 nitrogen and oxygen atoms in total. The lowest BCUT2D eigenvalue weighted by Gasteiger charge is -2.23. The van der Waals surface area contributed by atoms with E-state index < -0.39 is 0 Å². The van der Waals surface area contributed by atoms with Crippen molar-refractivity contribution in [2.75, 3.05) is 10.2 Å². The molecule has 1 fully saturated rings. The third-order valence-electron chi connectivity index (χ3n) is 4.55. The van der Waals surface area contributed by atoms with E-state index in [1.807, 2.05) is 43.3 Å². The second kappa shape index (κ2) is 7.85.